The van der Waals surface area contributed by atoms with Crippen LogP contribution in [0, 0.1) is 32.6 Å². The van der Waals surface area contributed by atoms with E-state index in [0.717, 1.165) is 66.6 Å². The van der Waals surface area contributed by atoms with E-state index in [4.69, 9.17) is 14.1 Å². The van der Waals surface area contributed by atoms with Gasteiger partial charge in [-0.2, -0.15) is 12.1 Å². The number of fused-ring (bicyclic) bond motifs is 7. The average molecular weight is 953 g/mol. The van der Waals surface area contributed by atoms with Crippen molar-refractivity contribution in [2.24, 2.45) is 0 Å². The SMILES string of the molecule is Cc1cc(C(C)(C)C)cc(C)c1N1[CH-]N(c2[c-]c(Oc3[c-]c4c(cc3)c3cc5oc6ccccc6c5cc3n4-c3cc(C(C)(C)C)ccn3)ccc2)c2ccccc21.[Pt]. The molecule has 0 fully saturated rings. The van der Waals surface area contributed by atoms with E-state index >= 15 is 0 Å². The largest absolute Gasteiger partial charge is 0.509 e. The third kappa shape index (κ3) is 6.59. The second-order valence-corrected chi connectivity index (χ2v) is 17.6. The topological polar surface area (TPSA) is 46.7 Å². The molecule has 0 spiro atoms. The zero-order chi connectivity index (χ0) is 40.1. The Hall–Kier alpha value is -5.84. The number of aryl methyl sites for hydroxylation is 2. The maximum absolute atomic E-state index is 6.64. The van der Waals surface area contributed by atoms with Crippen molar-refractivity contribution in [2.45, 2.75) is 66.2 Å². The van der Waals surface area contributed by atoms with Gasteiger partial charge in [0.2, 0.25) is 0 Å². The Morgan fingerprint density at radius 1 is 0.610 bits per heavy atom. The molecular weight excluding hydrogens is 908 g/mol. The summed E-state index contributed by atoms with van der Waals surface area (Å²) in [7, 11) is 0. The Balaban J connectivity index is 0.00000449. The number of hydrogen-bond acceptors (Lipinski definition) is 5. The Morgan fingerprint density at radius 2 is 1.31 bits per heavy atom. The predicted octanol–water partition coefficient (Wildman–Crippen LogP) is 14.1. The van der Waals surface area contributed by atoms with Crippen molar-refractivity contribution in [1.29, 1.82) is 0 Å². The fourth-order valence-corrected chi connectivity index (χ4v) is 8.45. The molecule has 0 saturated heterocycles. The third-order valence-electron chi connectivity index (χ3n) is 11.5. The number of rotatable bonds is 5. The van der Waals surface area contributed by atoms with Crippen LogP contribution in [0.1, 0.15) is 63.8 Å². The van der Waals surface area contributed by atoms with E-state index in [1.807, 2.05) is 36.5 Å². The monoisotopic (exact) mass is 952 g/mol. The van der Waals surface area contributed by atoms with Gasteiger partial charge in [0.1, 0.15) is 17.0 Å². The molecule has 0 saturated carbocycles. The zero-order valence-electron chi connectivity index (χ0n) is 34.5. The molecule has 0 radical (unpaired) electrons. The normalized spacial score (nSPS) is 13.2. The predicted molar refractivity (Wildman–Crippen MR) is 238 cm³/mol. The van der Waals surface area contributed by atoms with Crippen LogP contribution in [-0.4, -0.2) is 9.55 Å². The molecule has 0 atom stereocenters. The molecule has 0 aliphatic carbocycles. The maximum Gasteiger partial charge on any atom is 0.135 e. The molecule has 1 aliphatic rings. The number of para-hydroxylation sites is 3. The molecule has 9 aromatic rings. The van der Waals surface area contributed by atoms with E-state index in [1.54, 1.807) is 0 Å². The maximum atomic E-state index is 6.64. The molecule has 3 aromatic heterocycles. The molecule has 59 heavy (non-hydrogen) atoms. The van der Waals surface area contributed by atoms with E-state index in [0.29, 0.717) is 11.5 Å². The van der Waals surface area contributed by atoms with E-state index in [2.05, 4.69) is 173 Å². The van der Waals surface area contributed by atoms with Crippen LogP contribution in [0.25, 0.3) is 49.6 Å². The van der Waals surface area contributed by atoms with Crippen LogP contribution in [0.2, 0.25) is 0 Å². The van der Waals surface area contributed by atoms with Gasteiger partial charge in [0.25, 0.3) is 0 Å². The van der Waals surface area contributed by atoms with Crippen molar-refractivity contribution < 1.29 is 30.2 Å². The summed E-state index contributed by atoms with van der Waals surface area (Å²) in [4.78, 5) is 9.42. The molecule has 0 amide bonds. The number of benzene rings is 6. The summed E-state index contributed by atoms with van der Waals surface area (Å²) in [5.74, 6) is 2.01. The van der Waals surface area contributed by atoms with E-state index < -0.39 is 0 Å². The van der Waals surface area contributed by atoms with Gasteiger partial charge in [0.15, 0.2) is 0 Å². The van der Waals surface area contributed by atoms with Crippen molar-refractivity contribution in [3.05, 3.63) is 163 Å². The van der Waals surface area contributed by atoms with Crippen LogP contribution in [0.3, 0.4) is 0 Å². The number of ether oxygens (including phenoxy) is 1. The van der Waals surface area contributed by atoms with Gasteiger partial charge in [-0.3, -0.25) is 0 Å². The fraction of sp³-hybridized carbons (Fsp3) is 0.192. The van der Waals surface area contributed by atoms with Gasteiger partial charge in [-0.25, -0.2) is 4.98 Å². The van der Waals surface area contributed by atoms with Crippen LogP contribution < -0.4 is 14.5 Å². The number of hydrogen-bond donors (Lipinski definition) is 0. The smallest absolute Gasteiger partial charge is 0.135 e. The molecule has 1 aliphatic heterocycles. The Morgan fingerprint density at radius 3 is 2.05 bits per heavy atom. The first kappa shape index (κ1) is 38.7. The van der Waals surface area contributed by atoms with Crippen molar-refractivity contribution in [1.82, 2.24) is 9.55 Å². The number of pyridine rings is 1. The molecule has 0 bridgehead atoms. The second kappa shape index (κ2) is 14.2. The van der Waals surface area contributed by atoms with Crippen LogP contribution in [0.4, 0.5) is 22.7 Å². The van der Waals surface area contributed by atoms with Crippen LogP contribution >= 0.6 is 0 Å². The van der Waals surface area contributed by atoms with Crippen molar-refractivity contribution >= 4 is 66.5 Å². The first-order valence-electron chi connectivity index (χ1n) is 19.9. The van der Waals surface area contributed by atoms with Gasteiger partial charge < -0.3 is 23.5 Å². The second-order valence-electron chi connectivity index (χ2n) is 17.6. The van der Waals surface area contributed by atoms with Gasteiger partial charge in [-0.1, -0.05) is 89.5 Å². The fourth-order valence-electron chi connectivity index (χ4n) is 8.45. The molecule has 0 N–H and O–H groups in total. The summed E-state index contributed by atoms with van der Waals surface area (Å²) in [5, 5.41) is 4.25. The summed E-state index contributed by atoms with van der Waals surface area (Å²) >= 11 is 0. The van der Waals surface area contributed by atoms with Crippen molar-refractivity contribution in [2.75, 3.05) is 9.80 Å². The number of aromatic nitrogens is 2. The summed E-state index contributed by atoms with van der Waals surface area (Å²) in [5.41, 5.74) is 12.9. The summed E-state index contributed by atoms with van der Waals surface area (Å²) in [6.07, 6.45) is 1.90. The molecule has 0 unspecified atom stereocenters. The van der Waals surface area contributed by atoms with Gasteiger partial charge in [0.05, 0.1) is 0 Å². The van der Waals surface area contributed by atoms with E-state index in [1.165, 1.54) is 27.9 Å². The van der Waals surface area contributed by atoms with Gasteiger partial charge in [-0.15, -0.1) is 48.1 Å². The minimum Gasteiger partial charge on any atom is -0.509 e. The van der Waals surface area contributed by atoms with Crippen LogP contribution in [-0.2, 0) is 31.9 Å². The molecule has 10 rings (SSSR count). The summed E-state index contributed by atoms with van der Waals surface area (Å²) in [6.45, 7) is 20.1. The van der Waals surface area contributed by atoms with E-state index in [-0.39, 0.29) is 31.9 Å². The molecule has 7 heteroatoms. The summed E-state index contributed by atoms with van der Waals surface area (Å²) < 4.78 is 15.2. The van der Waals surface area contributed by atoms with Crippen LogP contribution in [0.15, 0.2) is 126 Å². The standard InChI is InChI=1S/C52H45N4O2.Pt/c1-32-24-35(52(6,7)8)25-33(2)50(32)55-31-54(43-17-10-11-18-44(43)55)36-14-13-15-37(27-36)57-38-20-21-39-41-30-48-42(40-16-9-12-19-47(40)58-48)29-46(41)56(45(39)28-38)49-26-34(22-23-53-49)51(3,4)5;/h9-26,29-31H,1-8H3;/q-3;. The molecule has 4 heterocycles. The Bertz CT molecular complexity index is 3070. The van der Waals surface area contributed by atoms with Gasteiger partial charge in [-0.05, 0) is 94.8 Å². The Labute approximate surface area is 360 Å². The molecule has 298 valence electrons. The first-order chi connectivity index (χ1) is 27.8. The third-order valence-corrected chi connectivity index (χ3v) is 11.5. The Kier molecular flexibility index (Phi) is 9.28. The number of anilines is 4. The van der Waals surface area contributed by atoms with Crippen molar-refractivity contribution in [3.63, 3.8) is 0 Å². The van der Waals surface area contributed by atoms with Crippen LogP contribution in [0.5, 0.6) is 11.5 Å². The zero-order valence-corrected chi connectivity index (χ0v) is 36.8. The summed E-state index contributed by atoms with van der Waals surface area (Å²) in [6, 6.07) is 47.4. The quantitative estimate of drug-likeness (QED) is 0.161. The first-order valence-corrected chi connectivity index (χ1v) is 19.9. The van der Waals surface area contributed by atoms with Gasteiger partial charge >= 0.3 is 0 Å². The van der Waals surface area contributed by atoms with Gasteiger partial charge in [0, 0.05) is 72.1 Å². The number of nitrogens with zero attached hydrogens (tertiary/aromatic N) is 4. The average Bonchev–Trinajstić information content (AvgIpc) is 3.85. The minimum absolute atomic E-state index is 0. The molecular formula is C52H45N4O2Pt-3. The van der Waals surface area contributed by atoms with Crippen molar-refractivity contribution in [3.8, 4) is 17.3 Å². The van der Waals surface area contributed by atoms with E-state index in [9.17, 15) is 0 Å². The number of furan rings is 1. The molecule has 6 nitrogen and oxygen atoms in total. The molecule has 6 aromatic carbocycles. The minimum atomic E-state index is -0.0534.